The lowest BCUT2D eigenvalue weighted by Crippen LogP contribution is -2.17. The maximum absolute atomic E-state index is 11.4. The third-order valence-corrected chi connectivity index (χ3v) is 3.58. The predicted octanol–water partition coefficient (Wildman–Crippen LogP) is 2.10. The Bertz CT molecular complexity index is 649. The van der Waals surface area contributed by atoms with E-state index < -0.39 is 0 Å². The van der Waals surface area contributed by atoms with Crippen molar-refractivity contribution in [3.63, 3.8) is 0 Å². The Morgan fingerprint density at radius 3 is 2.89 bits per heavy atom. The molecule has 3 heterocycles. The number of nitrogens with zero attached hydrogens (tertiary/aromatic N) is 3. The Hall–Kier alpha value is -1.62. The van der Waals surface area contributed by atoms with Crippen LogP contribution in [0.15, 0.2) is 12.1 Å². The highest BCUT2D eigenvalue weighted by molar-refractivity contribution is 6.20. The van der Waals surface area contributed by atoms with E-state index in [9.17, 15) is 4.79 Å². The van der Waals surface area contributed by atoms with Gasteiger partial charge in [0.1, 0.15) is 11.3 Å². The van der Waals surface area contributed by atoms with Gasteiger partial charge in [0.15, 0.2) is 5.65 Å². The monoisotopic (exact) mass is 278 g/mol. The highest BCUT2D eigenvalue weighted by Crippen LogP contribution is 2.29. The number of carbonyl (C=O) groups excluding carboxylic acids is 1. The number of halogens is 1. The third kappa shape index (κ3) is 2.08. The minimum atomic E-state index is -0.217. The minimum absolute atomic E-state index is 0.0444. The van der Waals surface area contributed by atoms with Crippen molar-refractivity contribution < 1.29 is 4.79 Å². The van der Waals surface area contributed by atoms with E-state index >= 15 is 0 Å². The van der Waals surface area contributed by atoms with Crippen LogP contribution >= 0.6 is 11.6 Å². The van der Waals surface area contributed by atoms with E-state index in [4.69, 9.17) is 11.6 Å². The van der Waals surface area contributed by atoms with Crippen molar-refractivity contribution >= 4 is 28.7 Å². The fraction of sp³-hybridized carbons (Fsp3) is 0.462. The summed E-state index contributed by atoms with van der Waals surface area (Å²) in [6, 6.07) is 3.92. The zero-order chi connectivity index (χ0) is 13.6. The summed E-state index contributed by atoms with van der Waals surface area (Å²) in [6.45, 7) is 4.44. The lowest BCUT2D eigenvalue weighted by molar-refractivity contribution is -0.119. The molecular formula is C13H15ClN4O. The molecule has 6 heteroatoms. The Morgan fingerprint density at radius 2 is 2.26 bits per heavy atom. The van der Waals surface area contributed by atoms with Crippen LogP contribution in [0.2, 0.25) is 0 Å². The number of amides is 1. The van der Waals surface area contributed by atoms with Crippen LogP contribution in [0.3, 0.4) is 0 Å². The molecule has 2 unspecified atom stereocenters. The van der Waals surface area contributed by atoms with E-state index in [0.717, 1.165) is 22.7 Å². The molecule has 0 bridgehead atoms. The van der Waals surface area contributed by atoms with Gasteiger partial charge in [0.2, 0.25) is 5.91 Å². The molecule has 1 saturated heterocycles. The van der Waals surface area contributed by atoms with Crippen LogP contribution in [-0.2, 0) is 4.79 Å². The van der Waals surface area contributed by atoms with Crippen molar-refractivity contribution in [1.29, 1.82) is 0 Å². The summed E-state index contributed by atoms with van der Waals surface area (Å²) >= 11 is 6.22. The molecule has 2 atom stereocenters. The molecule has 0 aliphatic carbocycles. The van der Waals surface area contributed by atoms with Crippen LogP contribution in [0.5, 0.6) is 0 Å². The molecule has 100 valence electrons. The number of pyridine rings is 1. The van der Waals surface area contributed by atoms with E-state index in [1.165, 1.54) is 0 Å². The number of alkyl halides is 1. The van der Waals surface area contributed by atoms with E-state index in [0.29, 0.717) is 13.0 Å². The second kappa shape index (κ2) is 4.49. The van der Waals surface area contributed by atoms with E-state index in [1.54, 1.807) is 0 Å². The zero-order valence-electron chi connectivity index (χ0n) is 10.9. The number of hydrogen-bond donors (Lipinski definition) is 1. The van der Waals surface area contributed by atoms with Crippen molar-refractivity contribution in [3.05, 3.63) is 23.7 Å². The van der Waals surface area contributed by atoms with Gasteiger partial charge in [0.25, 0.3) is 0 Å². The molecule has 19 heavy (non-hydrogen) atoms. The predicted molar refractivity (Wildman–Crippen MR) is 73.2 cm³/mol. The van der Waals surface area contributed by atoms with E-state index in [2.05, 4.69) is 15.3 Å². The maximum atomic E-state index is 11.4. The molecular weight excluding hydrogens is 264 g/mol. The molecule has 2 aromatic rings. The molecule has 1 N–H and O–H groups in total. The molecule has 0 aromatic carbocycles. The first kappa shape index (κ1) is 12.4. The van der Waals surface area contributed by atoms with E-state index in [-0.39, 0.29) is 17.3 Å². The summed E-state index contributed by atoms with van der Waals surface area (Å²) in [5.41, 5.74) is 2.57. The number of fused-ring (bicyclic) bond motifs is 1. The largest absolute Gasteiger partial charge is 0.354 e. The number of carbonyl (C=O) groups is 1. The molecule has 0 spiro atoms. The maximum Gasteiger partial charge on any atom is 0.222 e. The zero-order valence-corrected chi connectivity index (χ0v) is 11.6. The smallest absolute Gasteiger partial charge is 0.222 e. The standard InChI is InChI=1S/C13H15ClN4O/c1-7-3-4-10-13(16-7)18(12(17-10)8(2)14)9-5-11(19)15-6-9/h3-4,8-9H,5-6H2,1-2H3,(H,15,19). The Morgan fingerprint density at radius 1 is 1.47 bits per heavy atom. The second-order valence-corrected chi connectivity index (χ2v) is 5.57. The van der Waals surface area contributed by atoms with Gasteiger partial charge in [-0.2, -0.15) is 0 Å². The first-order valence-corrected chi connectivity index (χ1v) is 6.76. The highest BCUT2D eigenvalue weighted by Gasteiger charge is 2.28. The number of aryl methyl sites for hydroxylation is 1. The van der Waals surface area contributed by atoms with Crippen LogP contribution in [0.1, 0.15) is 36.3 Å². The van der Waals surface area contributed by atoms with Gasteiger partial charge in [-0.25, -0.2) is 9.97 Å². The summed E-state index contributed by atoms with van der Waals surface area (Å²) in [6.07, 6.45) is 0.456. The Labute approximate surface area is 116 Å². The molecule has 0 saturated carbocycles. The van der Waals surface area contributed by atoms with Crippen molar-refractivity contribution in [3.8, 4) is 0 Å². The average molecular weight is 279 g/mol. The van der Waals surface area contributed by atoms with Crippen molar-refractivity contribution in [2.75, 3.05) is 6.54 Å². The molecule has 1 amide bonds. The van der Waals surface area contributed by atoms with Crippen LogP contribution in [0, 0.1) is 6.92 Å². The van der Waals surface area contributed by atoms with Gasteiger partial charge in [0, 0.05) is 18.7 Å². The summed E-state index contributed by atoms with van der Waals surface area (Å²) in [4.78, 5) is 20.5. The number of aromatic nitrogens is 3. The van der Waals surface area contributed by atoms with Crippen LogP contribution in [0.4, 0.5) is 0 Å². The van der Waals surface area contributed by atoms with Crippen molar-refractivity contribution in [2.24, 2.45) is 0 Å². The molecule has 1 aliphatic heterocycles. The first-order chi connectivity index (χ1) is 9.06. The highest BCUT2D eigenvalue weighted by atomic mass is 35.5. The Balaban J connectivity index is 2.21. The lowest BCUT2D eigenvalue weighted by Gasteiger charge is -2.15. The van der Waals surface area contributed by atoms with Crippen molar-refractivity contribution in [2.45, 2.75) is 31.7 Å². The normalized spacial score (nSPS) is 20.8. The van der Waals surface area contributed by atoms with Gasteiger partial charge in [0.05, 0.1) is 11.4 Å². The number of nitrogens with one attached hydrogen (secondary N) is 1. The van der Waals surface area contributed by atoms with Crippen LogP contribution in [0.25, 0.3) is 11.2 Å². The topological polar surface area (TPSA) is 59.8 Å². The summed E-state index contributed by atoms with van der Waals surface area (Å²) < 4.78 is 2.01. The summed E-state index contributed by atoms with van der Waals surface area (Å²) in [5.74, 6) is 0.837. The number of imidazole rings is 1. The van der Waals surface area contributed by atoms with Gasteiger partial charge >= 0.3 is 0 Å². The third-order valence-electron chi connectivity index (χ3n) is 3.38. The first-order valence-electron chi connectivity index (χ1n) is 6.32. The molecule has 1 aliphatic rings. The molecule has 2 aromatic heterocycles. The second-order valence-electron chi connectivity index (χ2n) is 4.91. The molecule has 1 fully saturated rings. The Kier molecular flexibility index (Phi) is 2.93. The van der Waals surface area contributed by atoms with Crippen molar-refractivity contribution in [1.82, 2.24) is 19.9 Å². The minimum Gasteiger partial charge on any atom is -0.354 e. The van der Waals surface area contributed by atoms with E-state index in [1.807, 2.05) is 30.5 Å². The fourth-order valence-electron chi connectivity index (χ4n) is 2.50. The van der Waals surface area contributed by atoms with Crippen LogP contribution in [-0.4, -0.2) is 27.0 Å². The molecule has 5 nitrogen and oxygen atoms in total. The SMILES string of the molecule is Cc1ccc2nc(C(C)Cl)n(C3CNC(=O)C3)c2n1. The summed E-state index contributed by atoms with van der Waals surface area (Å²) in [7, 11) is 0. The van der Waals surface area contributed by atoms with Gasteiger partial charge < -0.3 is 9.88 Å². The van der Waals surface area contributed by atoms with Gasteiger partial charge in [-0.1, -0.05) is 0 Å². The number of rotatable bonds is 2. The van der Waals surface area contributed by atoms with Gasteiger partial charge in [-0.15, -0.1) is 11.6 Å². The summed E-state index contributed by atoms with van der Waals surface area (Å²) in [5, 5.41) is 2.63. The molecule has 3 rings (SSSR count). The quantitative estimate of drug-likeness (QED) is 0.856. The molecule has 0 radical (unpaired) electrons. The average Bonchev–Trinajstić information content (AvgIpc) is 2.92. The lowest BCUT2D eigenvalue weighted by atomic mass is 10.2. The van der Waals surface area contributed by atoms with Gasteiger partial charge in [-0.05, 0) is 26.0 Å². The fourth-order valence-corrected chi connectivity index (χ4v) is 2.65. The number of hydrogen-bond acceptors (Lipinski definition) is 3. The van der Waals surface area contributed by atoms with Crippen LogP contribution < -0.4 is 5.32 Å². The van der Waals surface area contributed by atoms with Gasteiger partial charge in [-0.3, -0.25) is 4.79 Å².